The van der Waals surface area contributed by atoms with Crippen molar-refractivity contribution in [1.29, 1.82) is 0 Å². The maximum atomic E-state index is 13.1. The average Bonchev–Trinajstić information content (AvgIpc) is 2.83. The highest BCUT2D eigenvalue weighted by atomic mass is 32.2. The second-order valence-corrected chi connectivity index (χ2v) is 9.48. The molecule has 1 aliphatic rings. The van der Waals surface area contributed by atoms with Crippen LogP contribution in [-0.4, -0.2) is 55.6 Å². The Morgan fingerprint density at radius 2 is 1.85 bits per heavy atom. The lowest BCUT2D eigenvalue weighted by molar-refractivity contribution is -0.384. The third-order valence-corrected chi connectivity index (χ3v) is 7.27. The summed E-state index contributed by atoms with van der Waals surface area (Å²) in [6.45, 7) is 2.24. The Bertz CT molecular complexity index is 1140. The SMILES string of the molecule is CCOC(=O)C1CCN(S(=O)(=O)c2cccc(C(=O)CNc3cccc([N+](=O)[O-])c3)c2)CC1. The Balaban J connectivity index is 1.66. The second kappa shape index (κ2) is 10.5. The van der Waals surface area contributed by atoms with Gasteiger partial charge in [-0.25, -0.2) is 8.42 Å². The van der Waals surface area contributed by atoms with E-state index in [0.29, 0.717) is 18.5 Å². The van der Waals surface area contributed by atoms with E-state index in [1.807, 2.05) is 0 Å². The molecule has 1 fully saturated rings. The maximum Gasteiger partial charge on any atom is 0.309 e. The normalized spacial score (nSPS) is 15.1. The number of anilines is 1. The molecule has 11 heteroatoms. The summed E-state index contributed by atoms with van der Waals surface area (Å²) in [7, 11) is -3.83. The molecule has 176 valence electrons. The van der Waals surface area contributed by atoms with Crippen molar-refractivity contribution in [2.24, 2.45) is 5.92 Å². The average molecular weight is 476 g/mol. The van der Waals surface area contributed by atoms with Gasteiger partial charge in [-0.15, -0.1) is 0 Å². The molecular formula is C22H25N3O7S. The van der Waals surface area contributed by atoms with Gasteiger partial charge in [0.2, 0.25) is 10.0 Å². The van der Waals surface area contributed by atoms with Crippen LogP contribution in [0.1, 0.15) is 30.1 Å². The number of hydrogen-bond donors (Lipinski definition) is 1. The molecule has 0 aromatic heterocycles. The van der Waals surface area contributed by atoms with Crippen LogP contribution in [0.15, 0.2) is 53.4 Å². The van der Waals surface area contributed by atoms with E-state index in [9.17, 15) is 28.1 Å². The Labute approximate surface area is 191 Å². The molecule has 0 saturated carbocycles. The van der Waals surface area contributed by atoms with Crippen molar-refractivity contribution in [3.8, 4) is 0 Å². The molecule has 10 nitrogen and oxygen atoms in total. The fourth-order valence-corrected chi connectivity index (χ4v) is 5.10. The van der Waals surface area contributed by atoms with Crippen molar-refractivity contribution >= 4 is 33.2 Å². The lowest BCUT2D eigenvalue weighted by atomic mass is 9.98. The third kappa shape index (κ3) is 5.93. The minimum absolute atomic E-state index is 0.00159. The van der Waals surface area contributed by atoms with Crippen LogP contribution in [-0.2, 0) is 19.6 Å². The fraction of sp³-hybridized carbons (Fsp3) is 0.364. The number of carbonyl (C=O) groups is 2. The molecule has 0 amide bonds. The van der Waals surface area contributed by atoms with Gasteiger partial charge in [-0.2, -0.15) is 4.31 Å². The largest absolute Gasteiger partial charge is 0.466 e. The minimum Gasteiger partial charge on any atom is -0.466 e. The lowest BCUT2D eigenvalue weighted by Gasteiger charge is -2.30. The summed E-state index contributed by atoms with van der Waals surface area (Å²) < 4.78 is 32.5. The highest BCUT2D eigenvalue weighted by molar-refractivity contribution is 7.89. The Morgan fingerprint density at radius 1 is 1.15 bits per heavy atom. The molecule has 0 spiro atoms. The van der Waals surface area contributed by atoms with E-state index in [0.717, 1.165) is 0 Å². The van der Waals surface area contributed by atoms with Crippen molar-refractivity contribution in [3.63, 3.8) is 0 Å². The monoisotopic (exact) mass is 475 g/mol. The number of nitro groups is 1. The van der Waals surface area contributed by atoms with Crippen LogP contribution in [0.2, 0.25) is 0 Å². The summed E-state index contributed by atoms with van der Waals surface area (Å²) in [5, 5.41) is 13.7. The number of nitro benzene ring substituents is 1. The van der Waals surface area contributed by atoms with Crippen LogP contribution in [0.4, 0.5) is 11.4 Å². The van der Waals surface area contributed by atoms with Gasteiger partial charge in [0, 0.05) is 36.5 Å². The van der Waals surface area contributed by atoms with Gasteiger partial charge >= 0.3 is 5.97 Å². The molecule has 2 aromatic carbocycles. The number of piperidine rings is 1. The van der Waals surface area contributed by atoms with E-state index < -0.39 is 14.9 Å². The van der Waals surface area contributed by atoms with Crippen LogP contribution in [0.25, 0.3) is 0 Å². The zero-order valence-electron chi connectivity index (χ0n) is 18.1. The number of rotatable bonds is 9. The molecular weight excluding hydrogens is 450 g/mol. The number of ether oxygens (including phenoxy) is 1. The smallest absolute Gasteiger partial charge is 0.309 e. The summed E-state index contributed by atoms with van der Waals surface area (Å²) in [4.78, 5) is 34.9. The lowest BCUT2D eigenvalue weighted by Crippen LogP contribution is -2.40. The standard InChI is InChI=1S/C22H25N3O7S/c1-2-32-22(27)16-9-11-24(12-10-16)33(30,31)20-8-3-5-17(13-20)21(26)15-23-18-6-4-7-19(14-18)25(28)29/h3-8,13-14,16,23H,2,9-12,15H2,1H3. The quantitative estimate of drug-likeness (QED) is 0.253. The Kier molecular flexibility index (Phi) is 7.77. The Morgan fingerprint density at radius 3 is 2.52 bits per heavy atom. The summed E-state index contributed by atoms with van der Waals surface area (Å²) in [5.41, 5.74) is 0.508. The van der Waals surface area contributed by atoms with Crippen LogP contribution in [0.3, 0.4) is 0 Å². The first-order valence-electron chi connectivity index (χ1n) is 10.5. The maximum absolute atomic E-state index is 13.1. The molecule has 2 aromatic rings. The molecule has 0 aliphatic carbocycles. The molecule has 0 bridgehead atoms. The number of ketones is 1. The number of nitrogens with zero attached hydrogens (tertiary/aromatic N) is 2. The number of esters is 1. The van der Waals surface area contributed by atoms with Gasteiger partial charge in [0.25, 0.3) is 5.69 Å². The van der Waals surface area contributed by atoms with E-state index in [1.54, 1.807) is 13.0 Å². The highest BCUT2D eigenvalue weighted by Gasteiger charge is 2.33. The fourth-order valence-electron chi connectivity index (χ4n) is 3.58. The number of carbonyl (C=O) groups excluding carboxylic acids is 2. The van der Waals surface area contributed by atoms with E-state index in [4.69, 9.17) is 4.74 Å². The van der Waals surface area contributed by atoms with Gasteiger partial charge in [-0.3, -0.25) is 19.7 Å². The van der Waals surface area contributed by atoms with Gasteiger partial charge < -0.3 is 10.1 Å². The molecule has 0 atom stereocenters. The first-order valence-corrected chi connectivity index (χ1v) is 11.9. The van der Waals surface area contributed by atoms with Crippen molar-refractivity contribution < 1.29 is 27.7 Å². The molecule has 0 unspecified atom stereocenters. The zero-order valence-corrected chi connectivity index (χ0v) is 18.9. The first-order chi connectivity index (χ1) is 15.7. The second-order valence-electron chi connectivity index (χ2n) is 7.54. The van der Waals surface area contributed by atoms with E-state index >= 15 is 0 Å². The van der Waals surface area contributed by atoms with Gasteiger partial charge in [0.1, 0.15) is 0 Å². The van der Waals surface area contributed by atoms with Crippen LogP contribution >= 0.6 is 0 Å². The van der Waals surface area contributed by atoms with E-state index in [-0.39, 0.29) is 60.1 Å². The number of benzene rings is 2. The van der Waals surface area contributed by atoms with E-state index in [2.05, 4.69) is 5.32 Å². The third-order valence-electron chi connectivity index (χ3n) is 5.38. The molecule has 3 rings (SSSR count). The number of nitrogens with one attached hydrogen (secondary N) is 1. The molecule has 0 radical (unpaired) electrons. The minimum atomic E-state index is -3.83. The molecule has 1 N–H and O–H groups in total. The molecule has 33 heavy (non-hydrogen) atoms. The topological polar surface area (TPSA) is 136 Å². The van der Waals surface area contributed by atoms with Crippen molar-refractivity contribution in [1.82, 2.24) is 4.31 Å². The summed E-state index contributed by atoms with van der Waals surface area (Å²) in [6, 6.07) is 11.5. The van der Waals surface area contributed by atoms with Gasteiger partial charge in [0.05, 0.1) is 28.9 Å². The van der Waals surface area contributed by atoms with Gasteiger partial charge in [-0.05, 0) is 38.0 Å². The van der Waals surface area contributed by atoms with Crippen molar-refractivity contribution in [2.75, 3.05) is 31.6 Å². The van der Waals surface area contributed by atoms with Crippen LogP contribution in [0, 0.1) is 16.0 Å². The van der Waals surface area contributed by atoms with Crippen LogP contribution in [0.5, 0.6) is 0 Å². The summed E-state index contributed by atoms with van der Waals surface area (Å²) in [6.07, 6.45) is 0.758. The van der Waals surface area contributed by atoms with Gasteiger partial charge in [-0.1, -0.05) is 18.2 Å². The predicted octanol–water partition coefficient (Wildman–Crippen LogP) is 2.85. The molecule has 1 saturated heterocycles. The molecule has 1 aliphatic heterocycles. The highest BCUT2D eigenvalue weighted by Crippen LogP contribution is 2.25. The number of hydrogen-bond acceptors (Lipinski definition) is 8. The van der Waals surface area contributed by atoms with Crippen LogP contribution < -0.4 is 5.32 Å². The van der Waals surface area contributed by atoms with Crippen molar-refractivity contribution in [3.05, 3.63) is 64.2 Å². The van der Waals surface area contributed by atoms with Gasteiger partial charge in [0.15, 0.2) is 5.78 Å². The molecule has 1 heterocycles. The predicted molar refractivity (Wildman–Crippen MR) is 120 cm³/mol. The number of sulfonamides is 1. The first kappa shape index (κ1) is 24.3. The van der Waals surface area contributed by atoms with Crippen molar-refractivity contribution in [2.45, 2.75) is 24.7 Å². The van der Waals surface area contributed by atoms with E-state index in [1.165, 1.54) is 46.8 Å². The number of non-ortho nitro benzene ring substituents is 1. The Hall–Kier alpha value is -3.31. The summed E-state index contributed by atoms with van der Waals surface area (Å²) >= 11 is 0. The zero-order chi connectivity index (χ0) is 24.0. The summed E-state index contributed by atoms with van der Waals surface area (Å²) in [5.74, 6) is -0.984. The number of Topliss-reactive ketones (excluding diaryl/α,β-unsaturated/α-hetero) is 1.